The van der Waals surface area contributed by atoms with Gasteiger partial charge in [-0.1, -0.05) is 5.92 Å². The number of anilines is 1. The molecule has 0 unspecified atom stereocenters. The number of nitrogens with two attached hydrogens (primary N) is 1. The number of urea groups is 1. The molecule has 0 radical (unpaired) electrons. The van der Waals surface area contributed by atoms with Crippen molar-refractivity contribution < 1.29 is 13.9 Å². The molecule has 0 saturated heterocycles. The summed E-state index contributed by atoms with van der Waals surface area (Å²) in [4.78, 5) is 15.7. The molecule has 2 heterocycles. The highest BCUT2D eigenvalue weighted by Crippen LogP contribution is 2.35. The Balaban J connectivity index is 1.94. The van der Waals surface area contributed by atoms with Crippen LogP contribution in [0.3, 0.4) is 0 Å². The van der Waals surface area contributed by atoms with Crippen molar-refractivity contribution in [1.29, 1.82) is 0 Å². The van der Waals surface area contributed by atoms with Crippen molar-refractivity contribution in [1.82, 2.24) is 4.98 Å². The summed E-state index contributed by atoms with van der Waals surface area (Å²) in [5, 5.41) is 2.29. The first kappa shape index (κ1) is 14.8. The third-order valence-corrected chi connectivity index (χ3v) is 4.01. The van der Waals surface area contributed by atoms with Gasteiger partial charge >= 0.3 is 6.03 Å². The van der Waals surface area contributed by atoms with Crippen LogP contribution in [0.2, 0.25) is 0 Å². The number of ether oxygens (including phenoxy) is 1. The van der Waals surface area contributed by atoms with E-state index in [0.717, 1.165) is 10.8 Å². The van der Waals surface area contributed by atoms with E-state index in [1.165, 1.54) is 23.5 Å². The Bertz CT molecular complexity index is 946. The average Bonchev–Trinajstić information content (AvgIpc) is 2.93. The lowest BCUT2D eigenvalue weighted by atomic mass is 10.3. The van der Waals surface area contributed by atoms with Crippen molar-refractivity contribution >= 4 is 33.3 Å². The Morgan fingerprint density at radius 2 is 2.17 bits per heavy atom. The molecule has 7 heteroatoms. The van der Waals surface area contributed by atoms with Gasteiger partial charge in [0.25, 0.3) is 0 Å². The molecular weight excluding hydrogens is 317 g/mol. The fraction of sp³-hybridized carbons (Fsp3) is 0. The van der Waals surface area contributed by atoms with Gasteiger partial charge in [-0.3, -0.25) is 4.98 Å². The number of pyridine rings is 1. The minimum Gasteiger partial charge on any atom is -0.453 e. The molecule has 5 nitrogen and oxygen atoms in total. The lowest BCUT2D eigenvalue weighted by molar-refractivity contribution is 0.259. The Labute approximate surface area is 134 Å². The molecule has 0 spiro atoms. The number of carbonyl (C=O) groups excluding carboxylic acids is 1. The first-order valence-electron chi connectivity index (χ1n) is 6.46. The quantitative estimate of drug-likeness (QED) is 0.720. The van der Waals surface area contributed by atoms with E-state index in [-0.39, 0.29) is 11.4 Å². The highest BCUT2D eigenvalue weighted by atomic mass is 32.1. The van der Waals surface area contributed by atoms with Gasteiger partial charge in [-0.15, -0.1) is 17.8 Å². The maximum Gasteiger partial charge on any atom is 0.316 e. The summed E-state index contributed by atoms with van der Waals surface area (Å²) in [6.45, 7) is 0. The molecule has 1 aromatic carbocycles. The van der Waals surface area contributed by atoms with Gasteiger partial charge in [-0.05, 0) is 18.2 Å². The smallest absolute Gasteiger partial charge is 0.316 e. The molecule has 3 rings (SSSR count). The summed E-state index contributed by atoms with van der Waals surface area (Å²) < 4.78 is 20.5. The maximum atomic E-state index is 14.1. The molecule has 0 aliphatic carbocycles. The lowest BCUT2D eigenvalue weighted by Gasteiger charge is -2.09. The predicted octanol–water partition coefficient (Wildman–Crippen LogP) is 3.70. The number of fused-ring (bicyclic) bond motifs is 1. The number of hydrogen-bond donors (Lipinski definition) is 2. The number of nitrogens with zero attached hydrogens (tertiary/aromatic N) is 1. The summed E-state index contributed by atoms with van der Waals surface area (Å²) in [6, 6.07) is 6.65. The number of amides is 2. The Morgan fingerprint density at radius 3 is 2.87 bits per heavy atom. The number of nitrogens with one attached hydrogen (secondary N) is 1. The van der Waals surface area contributed by atoms with Crippen LogP contribution in [0.1, 0.15) is 4.88 Å². The molecule has 0 bridgehead atoms. The Morgan fingerprint density at radius 1 is 1.35 bits per heavy atom. The molecule has 23 heavy (non-hydrogen) atoms. The second kappa shape index (κ2) is 5.94. The number of benzene rings is 1. The van der Waals surface area contributed by atoms with E-state index < -0.39 is 11.8 Å². The molecule has 2 amide bonds. The molecule has 0 fully saturated rings. The minimum absolute atomic E-state index is 0.0168. The van der Waals surface area contributed by atoms with Crippen LogP contribution in [0.15, 0.2) is 36.5 Å². The van der Waals surface area contributed by atoms with E-state index in [9.17, 15) is 9.18 Å². The zero-order chi connectivity index (χ0) is 16.4. The number of aromatic nitrogens is 1. The monoisotopic (exact) mass is 327 g/mol. The number of halogens is 1. The van der Waals surface area contributed by atoms with Crippen molar-refractivity contribution in [2.24, 2.45) is 5.73 Å². The molecule has 0 aliphatic rings. The van der Waals surface area contributed by atoms with Gasteiger partial charge in [-0.25, -0.2) is 9.18 Å². The van der Waals surface area contributed by atoms with Crippen LogP contribution in [-0.4, -0.2) is 11.0 Å². The summed E-state index contributed by atoms with van der Waals surface area (Å²) in [5.74, 6) is 2.38. The largest absolute Gasteiger partial charge is 0.453 e. The molecule has 2 aromatic heterocycles. The third kappa shape index (κ3) is 3.07. The van der Waals surface area contributed by atoms with Gasteiger partial charge in [0.1, 0.15) is 5.75 Å². The van der Waals surface area contributed by atoms with Gasteiger partial charge < -0.3 is 15.8 Å². The molecule has 3 aromatic rings. The summed E-state index contributed by atoms with van der Waals surface area (Å²) in [5.41, 5.74) is 5.92. The topological polar surface area (TPSA) is 77.2 Å². The second-order valence-electron chi connectivity index (χ2n) is 4.51. The molecular formula is C16H10FN3O2S. The van der Waals surface area contributed by atoms with Crippen molar-refractivity contribution in [2.45, 2.75) is 0 Å². The van der Waals surface area contributed by atoms with Gasteiger partial charge in [0.05, 0.1) is 15.1 Å². The highest BCUT2D eigenvalue weighted by Gasteiger charge is 2.12. The SMILES string of the molecule is C#Cc1cc2nccc(Oc3ccc(NC(N)=O)cc3F)c2s1. The van der Waals surface area contributed by atoms with Crippen molar-refractivity contribution in [2.75, 3.05) is 5.32 Å². The number of primary amides is 1. The van der Waals surface area contributed by atoms with E-state index in [4.69, 9.17) is 16.9 Å². The van der Waals surface area contributed by atoms with Gasteiger partial charge in [0, 0.05) is 24.0 Å². The summed E-state index contributed by atoms with van der Waals surface area (Å²) in [7, 11) is 0. The lowest BCUT2D eigenvalue weighted by Crippen LogP contribution is -2.19. The van der Waals surface area contributed by atoms with E-state index in [2.05, 4.69) is 16.2 Å². The zero-order valence-corrected chi connectivity index (χ0v) is 12.5. The number of hydrogen-bond acceptors (Lipinski definition) is 4. The van der Waals surface area contributed by atoms with Crippen molar-refractivity contribution in [3.05, 3.63) is 47.2 Å². The first-order valence-corrected chi connectivity index (χ1v) is 7.27. The molecule has 0 aliphatic heterocycles. The Kier molecular flexibility index (Phi) is 3.83. The van der Waals surface area contributed by atoms with E-state index in [0.29, 0.717) is 16.1 Å². The van der Waals surface area contributed by atoms with Crippen LogP contribution in [-0.2, 0) is 0 Å². The molecule has 0 saturated carbocycles. The van der Waals surface area contributed by atoms with Crippen LogP contribution in [0.5, 0.6) is 11.5 Å². The fourth-order valence-corrected chi connectivity index (χ4v) is 2.86. The summed E-state index contributed by atoms with van der Waals surface area (Å²) >= 11 is 1.34. The maximum absolute atomic E-state index is 14.1. The van der Waals surface area contributed by atoms with E-state index in [1.807, 2.05) is 0 Å². The van der Waals surface area contributed by atoms with Gasteiger partial charge in [0.2, 0.25) is 0 Å². The van der Waals surface area contributed by atoms with E-state index in [1.54, 1.807) is 18.3 Å². The van der Waals surface area contributed by atoms with E-state index >= 15 is 0 Å². The van der Waals surface area contributed by atoms with Crippen LogP contribution < -0.4 is 15.8 Å². The highest BCUT2D eigenvalue weighted by molar-refractivity contribution is 7.19. The third-order valence-electron chi connectivity index (χ3n) is 2.94. The second-order valence-corrected chi connectivity index (χ2v) is 5.57. The van der Waals surface area contributed by atoms with Crippen LogP contribution in [0.4, 0.5) is 14.9 Å². The van der Waals surface area contributed by atoms with Crippen LogP contribution in [0.25, 0.3) is 10.2 Å². The number of thiophene rings is 1. The van der Waals surface area contributed by atoms with Crippen molar-refractivity contribution in [3.8, 4) is 23.8 Å². The van der Waals surface area contributed by atoms with Crippen LogP contribution in [0, 0.1) is 18.2 Å². The molecule has 3 N–H and O–H groups in total. The normalized spacial score (nSPS) is 10.3. The van der Waals surface area contributed by atoms with Gasteiger partial charge in [0.15, 0.2) is 11.6 Å². The Hall–Kier alpha value is -3.11. The summed E-state index contributed by atoms with van der Waals surface area (Å²) in [6.07, 6.45) is 6.95. The van der Waals surface area contributed by atoms with Gasteiger partial charge in [-0.2, -0.15) is 0 Å². The molecule has 114 valence electrons. The standard InChI is InChI=1S/C16H10FN3O2S/c1-2-10-8-12-15(23-10)14(5-6-19-12)22-13-4-3-9(7-11(13)17)20-16(18)21/h1,3-8H,(H3,18,20,21). The number of rotatable bonds is 3. The molecule has 0 atom stereocenters. The number of terminal acetylenes is 1. The first-order chi connectivity index (χ1) is 11.1. The minimum atomic E-state index is -0.769. The number of carbonyl (C=O) groups is 1. The fourth-order valence-electron chi connectivity index (χ4n) is 1.99. The zero-order valence-electron chi connectivity index (χ0n) is 11.7. The predicted molar refractivity (Wildman–Crippen MR) is 87.2 cm³/mol. The van der Waals surface area contributed by atoms with Crippen molar-refractivity contribution in [3.63, 3.8) is 0 Å². The van der Waals surface area contributed by atoms with Crippen LogP contribution >= 0.6 is 11.3 Å². The average molecular weight is 327 g/mol.